The summed E-state index contributed by atoms with van der Waals surface area (Å²) in [5, 5.41) is 10.2. The maximum absolute atomic E-state index is 10.2. The van der Waals surface area contributed by atoms with E-state index in [1.807, 2.05) is 12.1 Å². The van der Waals surface area contributed by atoms with E-state index in [1.54, 1.807) is 6.07 Å². The minimum Gasteiger partial charge on any atom is -0.508 e. The summed E-state index contributed by atoms with van der Waals surface area (Å²) in [5.41, 5.74) is 1.62. The van der Waals surface area contributed by atoms with Gasteiger partial charge in [-0.15, -0.1) is 0 Å². The van der Waals surface area contributed by atoms with Crippen LogP contribution >= 0.6 is 15.9 Å². The molecule has 98 valence electrons. The molecule has 1 nitrogen and oxygen atoms in total. The van der Waals surface area contributed by atoms with Gasteiger partial charge in [0, 0.05) is 5.56 Å². The average molecular weight is 309 g/mol. The van der Waals surface area contributed by atoms with E-state index < -0.39 is 0 Å². The van der Waals surface area contributed by atoms with E-state index in [0.29, 0.717) is 11.2 Å². The zero-order chi connectivity index (χ0) is 13.2. The number of phenols is 1. The van der Waals surface area contributed by atoms with Gasteiger partial charge in [0.2, 0.25) is 0 Å². The Labute approximate surface area is 118 Å². The molecule has 1 N–H and O–H groups in total. The molecular formula is C16H21BrO. The van der Waals surface area contributed by atoms with Crippen LogP contribution in [-0.2, 0) is 4.32 Å². The number of benzene rings is 1. The Morgan fingerprint density at radius 1 is 1.22 bits per heavy atom. The molecule has 0 heterocycles. The standard InChI is InChI=1S/C16H21BrO/c1-14(2)11-8-9-15(14,3)16(17,10-11)12-6-4-5-7-13(12)18/h4-7,11,18H,8-10H2,1-3H3. The predicted molar refractivity (Wildman–Crippen MR) is 77.9 cm³/mol. The molecule has 2 bridgehead atoms. The quantitative estimate of drug-likeness (QED) is 0.737. The first kappa shape index (κ1) is 12.5. The Balaban J connectivity index is 2.17. The van der Waals surface area contributed by atoms with Gasteiger partial charge in [0.05, 0.1) is 4.32 Å². The van der Waals surface area contributed by atoms with E-state index in [0.717, 1.165) is 17.9 Å². The molecule has 2 aliphatic carbocycles. The first-order valence-corrected chi connectivity index (χ1v) is 7.60. The highest BCUT2D eigenvalue weighted by molar-refractivity contribution is 9.09. The van der Waals surface area contributed by atoms with Crippen molar-refractivity contribution in [3.8, 4) is 5.75 Å². The Morgan fingerprint density at radius 2 is 1.89 bits per heavy atom. The van der Waals surface area contributed by atoms with Crippen molar-refractivity contribution in [1.82, 2.24) is 0 Å². The van der Waals surface area contributed by atoms with Crippen LogP contribution < -0.4 is 0 Å². The average Bonchev–Trinajstić information content (AvgIpc) is 2.61. The van der Waals surface area contributed by atoms with Gasteiger partial charge in [-0.3, -0.25) is 0 Å². The number of hydrogen-bond donors (Lipinski definition) is 1. The third-order valence-corrected chi connectivity index (χ3v) is 7.79. The molecule has 0 saturated heterocycles. The Bertz CT molecular complexity index is 496. The molecule has 2 saturated carbocycles. The van der Waals surface area contributed by atoms with Crippen LogP contribution in [0.1, 0.15) is 45.6 Å². The highest BCUT2D eigenvalue weighted by atomic mass is 79.9. The van der Waals surface area contributed by atoms with Crippen molar-refractivity contribution in [2.45, 2.75) is 44.4 Å². The fourth-order valence-electron chi connectivity index (χ4n) is 4.44. The number of fused-ring (bicyclic) bond motifs is 2. The van der Waals surface area contributed by atoms with Crippen molar-refractivity contribution < 1.29 is 5.11 Å². The topological polar surface area (TPSA) is 20.2 Å². The predicted octanol–water partition coefficient (Wildman–Crippen LogP) is 4.83. The molecule has 0 aliphatic heterocycles. The maximum Gasteiger partial charge on any atom is 0.120 e. The summed E-state index contributed by atoms with van der Waals surface area (Å²) in [6.07, 6.45) is 3.70. The second-order valence-corrected chi connectivity index (χ2v) is 8.17. The van der Waals surface area contributed by atoms with Gasteiger partial charge in [-0.05, 0) is 42.1 Å². The van der Waals surface area contributed by atoms with Crippen molar-refractivity contribution in [2.24, 2.45) is 16.7 Å². The fourth-order valence-corrected chi connectivity index (χ4v) is 5.88. The third kappa shape index (κ3) is 1.23. The van der Waals surface area contributed by atoms with Gasteiger partial charge in [-0.25, -0.2) is 0 Å². The van der Waals surface area contributed by atoms with Gasteiger partial charge < -0.3 is 5.11 Å². The molecule has 3 rings (SSSR count). The SMILES string of the molecule is CC1(C)C2CCC1(C)C(Br)(c1ccccc1O)C2. The molecule has 2 aliphatic rings. The molecule has 1 aromatic carbocycles. The van der Waals surface area contributed by atoms with Crippen LogP contribution in [0.25, 0.3) is 0 Å². The molecule has 18 heavy (non-hydrogen) atoms. The summed E-state index contributed by atoms with van der Waals surface area (Å²) >= 11 is 4.03. The minimum atomic E-state index is -0.0717. The normalized spacial score (nSPS) is 41.2. The van der Waals surface area contributed by atoms with Crippen LogP contribution in [0, 0.1) is 16.7 Å². The van der Waals surface area contributed by atoms with Gasteiger partial charge in [0.1, 0.15) is 5.75 Å². The van der Waals surface area contributed by atoms with E-state index in [2.05, 4.69) is 42.8 Å². The minimum absolute atomic E-state index is 0.0717. The largest absolute Gasteiger partial charge is 0.508 e. The highest BCUT2D eigenvalue weighted by Gasteiger charge is 2.68. The Morgan fingerprint density at radius 3 is 2.39 bits per heavy atom. The molecule has 3 atom stereocenters. The van der Waals surface area contributed by atoms with Gasteiger partial charge >= 0.3 is 0 Å². The van der Waals surface area contributed by atoms with E-state index >= 15 is 0 Å². The molecule has 2 fully saturated rings. The summed E-state index contributed by atoms with van der Waals surface area (Å²) in [5.74, 6) is 1.18. The van der Waals surface area contributed by atoms with Crippen molar-refractivity contribution in [2.75, 3.05) is 0 Å². The van der Waals surface area contributed by atoms with Crippen molar-refractivity contribution in [3.63, 3.8) is 0 Å². The van der Waals surface area contributed by atoms with E-state index in [-0.39, 0.29) is 9.74 Å². The molecule has 0 amide bonds. The Kier molecular flexibility index (Phi) is 2.46. The summed E-state index contributed by atoms with van der Waals surface area (Å²) < 4.78 is -0.0717. The van der Waals surface area contributed by atoms with E-state index in [9.17, 15) is 5.11 Å². The van der Waals surface area contributed by atoms with Gasteiger partial charge in [-0.1, -0.05) is 54.9 Å². The number of phenolic OH excluding ortho intramolecular Hbond substituents is 1. The molecule has 1 aromatic rings. The first-order valence-electron chi connectivity index (χ1n) is 6.80. The van der Waals surface area contributed by atoms with Crippen molar-refractivity contribution in [1.29, 1.82) is 0 Å². The van der Waals surface area contributed by atoms with Gasteiger partial charge in [0.15, 0.2) is 0 Å². The number of para-hydroxylation sites is 1. The number of halogens is 1. The molecule has 2 heteroatoms. The van der Waals surface area contributed by atoms with Crippen LogP contribution in [0.3, 0.4) is 0 Å². The Hall–Kier alpha value is -0.500. The lowest BCUT2D eigenvalue weighted by atomic mass is 9.65. The number of alkyl halides is 1. The maximum atomic E-state index is 10.2. The molecule has 3 unspecified atom stereocenters. The van der Waals surface area contributed by atoms with Crippen LogP contribution in [0.2, 0.25) is 0 Å². The smallest absolute Gasteiger partial charge is 0.120 e. The van der Waals surface area contributed by atoms with Crippen molar-refractivity contribution in [3.05, 3.63) is 29.8 Å². The van der Waals surface area contributed by atoms with Crippen LogP contribution in [0.4, 0.5) is 0 Å². The lowest BCUT2D eigenvalue weighted by Crippen LogP contribution is -2.40. The summed E-state index contributed by atoms with van der Waals surface area (Å²) in [6, 6.07) is 7.81. The van der Waals surface area contributed by atoms with E-state index in [4.69, 9.17) is 0 Å². The van der Waals surface area contributed by atoms with Crippen molar-refractivity contribution >= 4 is 15.9 Å². The number of aromatic hydroxyl groups is 1. The second-order valence-electron chi connectivity index (χ2n) is 6.81. The molecule has 0 aromatic heterocycles. The second kappa shape index (κ2) is 3.53. The van der Waals surface area contributed by atoms with Gasteiger partial charge in [-0.2, -0.15) is 0 Å². The zero-order valence-electron chi connectivity index (χ0n) is 11.3. The van der Waals surface area contributed by atoms with Crippen LogP contribution in [0.5, 0.6) is 5.75 Å². The lowest BCUT2D eigenvalue weighted by Gasteiger charge is -2.45. The monoisotopic (exact) mass is 308 g/mol. The third-order valence-electron chi connectivity index (χ3n) is 6.17. The van der Waals surface area contributed by atoms with Crippen LogP contribution in [-0.4, -0.2) is 5.11 Å². The van der Waals surface area contributed by atoms with E-state index in [1.165, 1.54) is 12.8 Å². The first-order chi connectivity index (χ1) is 8.33. The highest BCUT2D eigenvalue weighted by Crippen LogP contribution is 2.76. The lowest BCUT2D eigenvalue weighted by molar-refractivity contribution is 0.122. The zero-order valence-corrected chi connectivity index (χ0v) is 12.9. The number of rotatable bonds is 1. The van der Waals surface area contributed by atoms with Gasteiger partial charge in [0.25, 0.3) is 0 Å². The summed E-state index contributed by atoms with van der Waals surface area (Å²) in [4.78, 5) is 0. The molecule has 0 spiro atoms. The molecule has 0 radical (unpaired) electrons. The molecular weight excluding hydrogens is 288 g/mol. The fraction of sp³-hybridized carbons (Fsp3) is 0.625. The number of hydrogen-bond acceptors (Lipinski definition) is 1. The summed E-state index contributed by atoms with van der Waals surface area (Å²) in [6.45, 7) is 7.18. The summed E-state index contributed by atoms with van der Waals surface area (Å²) in [7, 11) is 0. The van der Waals surface area contributed by atoms with Crippen LogP contribution in [0.15, 0.2) is 24.3 Å².